The van der Waals surface area contributed by atoms with Crippen molar-refractivity contribution in [3.8, 4) is 17.1 Å². The van der Waals surface area contributed by atoms with Gasteiger partial charge in [-0.1, -0.05) is 11.6 Å². The van der Waals surface area contributed by atoms with Crippen LogP contribution in [0.1, 0.15) is 0 Å². The minimum absolute atomic E-state index is 0.0410. The first kappa shape index (κ1) is 8.96. The molecule has 1 aromatic heterocycles. The van der Waals surface area contributed by atoms with Crippen LogP contribution in [0, 0.1) is 0 Å². The fourth-order valence-corrected chi connectivity index (χ4v) is 1.23. The van der Waals surface area contributed by atoms with Crippen LogP contribution in [0.4, 0.5) is 0 Å². The number of benzene rings is 1. The zero-order valence-corrected chi connectivity index (χ0v) is 8.10. The molecule has 2 rings (SSSR count). The molecule has 0 spiro atoms. The van der Waals surface area contributed by atoms with E-state index in [0.717, 1.165) is 5.56 Å². The summed E-state index contributed by atoms with van der Waals surface area (Å²) in [4.78, 5) is 1.36. The first-order valence-electron chi connectivity index (χ1n) is 3.90. The molecule has 1 N–H and O–H groups in total. The third-order valence-corrected chi connectivity index (χ3v) is 2.02. The normalized spacial score (nSPS) is 10.4. The van der Waals surface area contributed by atoms with Gasteiger partial charge in [0.1, 0.15) is 5.75 Å². The Balaban J connectivity index is 2.47. The minimum atomic E-state index is 0.0410. The van der Waals surface area contributed by atoms with Gasteiger partial charge in [-0.3, -0.25) is 0 Å². The standard InChI is InChI=1S/C8H7ClN4O/c1-13-11-8(10-12-13)5-2-3-7(14)6(9)4-5/h2-4,14H,1H3. The molecule has 6 heteroatoms. The Hall–Kier alpha value is -1.62. The van der Waals surface area contributed by atoms with E-state index in [0.29, 0.717) is 5.82 Å². The predicted octanol–water partition coefficient (Wildman–Crippen LogP) is 1.24. The summed E-state index contributed by atoms with van der Waals surface area (Å²) >= 11 is 5.74. The molecule has 72 valence electrons. The van der Waals surface area contributed by atoms with Gasteiger partial charge in [-0.25, -0.2) is 0 Å². The van der Waals surface area contributed by atoms with E-state index in [1.54, 1.807) is 19.2 Å². The fourth-order valence-electron chi connectivity index (χ4n) is 1.05. The van der Waals surface area contributed by atoms with Gasteiger partial charge in [0.25, 0.3) is 0 Å². The lowest BCUT2D eigenvalue weighted by Crippen LogP contribution is -1.91. The van der Waals surface area contributed by atoms with Crippen LogP contribution in [0.25, 0.3) is 11.4 Å². The molecule has 2 aromatic rings. The number of phenolic OH excluding ortho intramolecular Hbond substituents is 1. The summed E-state index contributed by atoms with van der Waals surface area (Å²) in [5.74, 6) is 0.522. The number of tetrazole rings is 1. The summed E-state index contributed by atoms with van der Waals surface area (Å²) in [6.07, 6.45) is 0. The van der Waals surface area contributed by atoms with Crippen LogP contribution in [0.2, 0.25) is 5.02 Å². The van der Waals surface area contributed by atoms with Crippen LogP contribution in [-0.2, 0) is 7.05 Å². The Kier molecular flexibility index (Phi) is 2.09. The molecule has 1 aromatic carbocycles. The van der Waals surface area contributed by atoms with Crippen LogP contribution in [-0.4, -0.2) is 25.3 Å². The Morgan fingerprint density at radius 2 is 2.21 bits per heavy atom. The summed E-state index contributed by atoms with van der Waals surface area (Å²) in [5.41, 5.74) is 0.723. The predicted molar refractivity (Wildman–Crippen MR) is 50.9 cm³/mol. The first-order chi connectivity index (χ1) is 6.66. The van der Waals surface area contributed by atoms with E-state index in [-0.39, 0.29) is 10.8 Å². The third kappa shape index (κ3) is 1.54. The molecule has 0 radical (unpaired) electrons. The largest absolute Gasteiger partial charge is 0.506 e. The lowest BCUT2D eigenvalue weighted by Gasteiger charge is -1.97. The van der Waals surface area contributed by atoms with Crippen molar-refractivity contribution in [3.63, 3.8) is 0 Å². The van der Waals surface area contributed by atoms with E-state index in [1.807, 2.05) is 0 Å². The quantitative estimate of drug-likeness (QED) is 0.769. The van der Waals surface area contributed by atoms with Crippen molar-refractivity contribution in [1.29, 1.82) is 0 Å². The second-order valence-electron chi connectivity index (χ2n) is 2.77. The first-order valence-corrected chi connectivity index (χ1v) is 4.27. The van der Waals surface area contributed by atoms with Crippen molar-refractivity contribution in [3.05, 3.63) is 23.2 Å². The maximum Gasteiger partial charge on any atom is 0.204 e. The Morgan fingerprint density at radius 3 is 2.79 bits per heavy atom. The molecule has 0 aliphatic heterocycles. The van der Waals surface area contributed by atoms with Crippen molar-refractivity contribution in [2.45, 2.75) is 0 Å². The topological polar surface area (TPSA) is 63.8 Å². The molecule has 14 heavy (non-hydrogen) atoms. The van der Waals surface area contributed by atoms with Gasteiger partial charge in [-0.2, -0.15) is 4.80 Å². The van der Waals surface area contributed by atoms with Gasteiger partial charge >= 0.3 is 0 Å². The number of nitrogens with zero attached hydrogens (tertiary/aromatic N) is 4. The van der Waals surface area contributed by atoms with Gasteiger partial charge in [0.05, 0.1) is 12.1 Å². The molecule has 1 heterocycles. The van der Waals surface area contributed by atoms with Gasteiger partial charge in [-0.05, 0) is 23.4 Å². The average molecular weight is 211 g/mol. The Labute approximate surface area is 84.9 Å². The molecular weight excluding hydrogens is 204 g/mol. The number of aromatic hydroxyl groups is 1. The van der Waals surface area contributed by atoms with Crippen LogP contribution in [0.5, 0.6) is 5.75 Å². The molecule has 0 unspecified atom stereocenters. The molecular formula is C8H7ClN4O. The molecule has 0 fully saturated rings. The highest BCUT2D eigenvalue weighted by Gasteiger charge is 2.06. The molecule has 0 aliphatic carbocycles. The maximum atomic E-state index is 9.20. The monoisotopic (exact) mass is 210 g/mol. The highest BCUT2D eigenvalue weighted by molar-refractivity contribution is 6.32. The third-order valence-electron chi connectivity index (χ3n) is 1.71. The molecule has 0 bridgehead atoms. The van der Waals surface area contributed by atoms with Crippen molar-refractivity contribution in [2.24, 2.45) is 7.05 Å². The lowest BCUT2D eigenvalue weighted by molar-refractivity contribution is 0.475. The number of aromatic nitrogens is 4. The van der Waals surface area contributed by atoms with E-state index in [1.165, 1.54) is 10.9 Å². The van der Waals surface area contributed by atoms with Crippen molar-refractivity contribution < 1.29 is 5.11 Å². The van der Waals surface area contributed by atoms with Gasteiger partial charge < -0.3 is 5.11 Å². The summed E-state index contributed by atoms with van der Waals surface area (Å²) in [7, 11) is 1.68. The Bertz CT molecular complexity index is 468. The van der Waals surface area contributed by atoms with Gasteiger partial charge in [0.15, 0.2) is 0 Å². The zero-order valence-electron chi connectivity index (χ0n) is 7.35. The molecule has 5 nitrogen and oxygen atoms in total. The number of hydrogen-bond acceptors (Lipinski definition) is 4. The van der Waals surface area contributed by atoms with E-state index in [9.17, 15) is 5.11 Å². The van der Waals surface area contributed by atoms with E-state index in [4.69, 9.17) is 11.6 Å². The summed E-state index contributed by atoms with van der Waals surface area (Å²) < 4.78 is 0. The molecule has 0 saturated carbocycles. The number of halogens is 1. The van der Waals surface area contributed by atoms with Crippen molar-refractivity contribution >= 4 is 11.6 Å². The second kappa shape index (κ2) is 3.26. The van der Waals surface area contributed by atoms with Crippen LogP contribution in [0.15, 0.2) is 18.2 Å². The number of phenols is 1. The summed E-state index contributed by atoms with van der Waals surface area (Å²) in [5, 5.41) is 21.0. The molecule has 0 amide bonds. The smallest absolute Gasteiger partial charge is 0.204 e. The maximum absolute atomic E-state index is 9.20. The van der Waals surface area contributed by atoms with Crippen molar-refractivity contribution in [1.82, 2.24) is 20.2 Å². The number of rotatable bonds is 1. The summed E-state index contributed by atoms with van der Waals surface area (Å²) in [6.45, 7) is 0. The number of aryl methyl sites for hydroxylation is 1. The lowest BCUT2D eigenvalue weighted by atomic mass is 10.2. The highest BCUT2D eigenvalue weighted by Crippen LogP contribution is 2.27. The van der Waals surface area contributed by atoms with Crippen LogP contribution in [0.3, 0.4) is 0 Å². The second-order valence-corrected chi connectivity index (χ2v) is 3.18. The van der Waals surface area contributed by atoms with Crippen LogP contribution < -0.4 is 0 Å². The summed E-state index contributed by atoms with van der Waals surface area (Å²) in [6, 6.07) is 4.76. The number of hydrogen-bond donors (Lipinski definition) is 1. The fraction of sp³-hybridized carbons (Fsp3) is 0.125. The highest BCUT2D eigenvalue weighted by atomic mass is 35.5. The molecule has 0 atom stereocenters. The Morgan fingerprint density at radius 1 is 1.43 bits per heavy atom. The van der Waals surface area contributed by atoms with Crippen LogP contribution >= 0.6 is 11.6 Å². The zero-order chi connectivity index (χ0) is 10.1. The van der Waals surface area contributed by atoms with Crippen molar-refractivity contribution in [2.75, 3.05) is 0 Å². The molecule has 0 aliphatic rings. The SMILES string of the molecule is Cn1nnc(-c2ccc(O)c(Cl)c2)n1. The van der Waals surface area contributed by atoms with Gasteiger partial charge in [-0.15, -0.1) is 10.2 Å². The van der Waals surface area contributed by atoms with E-state index >= 15 is 0 Å². The molecule has 0 saturated heterocycles. The average Bonchev–Trinajstić information content (AvgIpc) is 2.57. The van der Waals surface area contributed by atoms with Gasteiger partial charge in [0, 0.05) is 5.56 Å². The minimum Gasteiger partial charge on any atom is -0.506 e. The van der Waals surface area contributed by atoms with Gasteiger partial charge in [0.2, 0.25) is 5.82 Å². The van der Waals surface area contributed by atoms with E-state index in [2.05, 4.69) is 15.4 Å². The van der Waals surface area contributed by atoms with E-state index < -0.39 is 0 Å².